The van der Waals surface area contributed by atoms with Crippen LogP contribution in [0.1, 0.15) is 16.8 Å². The van der Waals surface area contributed by atoms with Gasteiger partial charge in [-0.25, -0.2) is 0 Å². The van der Waals surface area contributed by atoms with Crippen molar-refractivity contribution in [2.75, 3.05) is 25.6 Å². The van der Waals surface area contributed by atoms with Crippen LogP contribution in [0.15, 0.2) is 24.3 Å². The molecule has 2 N–H and O–H groups in total. The number of nitro benzene ring substituents is 1. The second-order valence-corrected chi connectivity index (χ2v) is 6.19. The number of hydrogen-bond donors (Lipinski definition) is 2. The molecule has 1 unspecified atom stereocenters. The Kier molecular flexibility index (Phi) is 7.86. The molecule has 1 aromatic carbocycles. The molecule has 0 fully saturated rings. The number of nitro groups is 1. The van der Waals surface area contributed by atoms with Crippen LogP contribution in [0, 0.1) is 10.1 Å². The molecule has 0 spiro atoms. The Morgan fingerprint density at radius 3 is 2.64 bits per heavy atom. The van der Waals surface area contributed by atoms with Crippen LogP contribution in [0.3, 0.4) is 0 Å². The highest BCUT2D eigenvalue weighted by atomic mass is 32.2. The highest BCUT2D eigenvalue weighted by Crippen LogP contribution is 2.14. The lowest BCUT2D eigenvalue weighted by Gasteiger charge is -2.23. The summed E-state index contributed by atoms with van der Waals surface area (Å²) in [5, 5.41) is 22.1. The predicted molar refractivity (Wildman–Crippen MR) is 92.6 cm³/mol. The fourth-order valence-corrected chi connectivity index (χ4v) is 2.51. The first-order valence-electron chi connectivity index (χ1n) is 7.27. The van der Waals surface area contributed by atoms with Gasteiger partial charge >= 0.3 is 5.97 Å². The Morgan fingerprint density at radius 1 is 1.40 bits per heavy atom. The maximum Gasteiger partial charge on any atom is 0.323 e. The summed E-state index contributed by atoms with van der Waals surface area (Å²) < 4.78 is 0. The first-order chi connectivity index (χ1) is 11.8. The van der Waals surface area contributed by atoms with E-state index in [1.54, 1.807) is 0 Å². The van der Waals surface area contributed by atoms with E-state index in [-0.39, 0.29) is 11.3 Å². The van der Waals surface area contributed by atoms with Crippen molar-refractivity contribution >= 4 is 35.2 Å². The number of thioether (sulfide) groups is 1. The zero-order chi connectivity index (χ0) is 19.0. The molecule has 1 rings (SSSR count). The molecule has 0 saturated carbocycles. The second-order valence-electron chi connectivity index (χ2n) is 5.20. The minimum absolute atomic E-state index is 0.0528. The number of rotatable bonds is 9. The number of non-ortho nitro benzene ring substituents is 1. The van der Waals surface area contributed by atoms with Crippen LogP contribution in [0.2, 0.25) is 0 Å². The molecule has 2 amide bonds. The van der Waals surface area contributed by atoms with Crippen LogP contribution >= 0.6 is 11.8 Å². The summed E-state index contributed by atoms with van der Waals surface area (Å²) >= 11 is 1.47. The van der Waals surface area contributed by atoms with Crippen molar-refractivity contribution in [3.63, 3.8) is 0 Å². The molecule has 10 heteroatoms. The van der Waals surface area contributed by atoms with E-state index in [9.17, 15) is 24.5 Å². The smallest absolute Gasteiger partial charge is 0.323 e. The number of carbonyl (C=O) groups is 3. The minimum atomic E-state index is -1.16. The van der Waals surface area contributed by atoms with E-state index >= 15 is 0 Å². The molecule has 0 bridgehead atoms. The van der Waals surface area contributed by atoms with E-state index in [1.165, 1.54) is 37.0 Å². The van der Waals surface area contributed by atoms with Gasteiger partial charge in [-0.2, -0.15) is 11.8 Å². The van der Waals surface area contributed by atoms with E-state index in [4.69, 9.17) is 5.11 Å². The van der Waals surface area contributed by atoms with Crippen LogP contribution in [0.25, 0.3) is 0 Å². The normalized spacial score (nSPS) is 11.4. The van der Waals surface area contributed by atoms with Gasteiger partial charge < -0.3 is 15.3 Å². The van der Waals surface area contributed by atoms with E-state index in [0.29, 0.717) is 12.2 Å². The quantitative estimate of drug-likeness (QED) is 0.490. The summed E-state index contributed by atoms with van der Waals surface area (Å²) in [6.45, 7) is -0.485. The number of carbonyl (C=O) groups excluding carboxylic acids is 2. The van der Waals surface area contributed by atoms with Gasteiger partial charge in [-0.05, 0) is 24.5 Å². The van der Waals surface area contributed by atoms with Gasteiger partial charge in [-0.1, -0.05) is 6.07 Å². The summed E-state index contributed by atoms with van der Waals surface area (Å²) in [5.74, 6) is -1.75. The third-order valence-electron chi connectivity index (χ3n) is 3.28. The Hall–Kier alpha value is -2.62. The number of likely N-dealkylation sites (N-methyl/N-ethyl adjacent to an activating group) is 1. The molecule has 0 heterocycles. The van der Waals surface area contributed by atoms with Crippen LogP contribution < -0.4 is 5.32 Å². The van der Waals surface area contributed by atoms with Crippen LogP contribution in [-0.4, -0.2) is 64.4 Å². The standard InChI is InChI=1S/C15H19N3O6S/c1-17(9-13(19)20)15(22)12(6-7-25-2)16-14(21)10-4-3-5-11(8-10)18(23)24/h3-5,8,12H,6-7,9H2,1-2H3,(H,16,21)(H,19,20). The Labute approximate surface area is 148 Å². The molecule has 0 aliphatic rings. The van der Waals surface area contributed by atoms with Gasteiger partial charge in [0.15, 0.2) is 0 Å². The molecule has 0 aromatic heterocycles. The number of nitrogens with zero attached hydrogens (tertiary/aromatic N) is 2. The monoisotopic (exact) mass is 369 g/mol. The SMILES string of the molecule is CSCCC(NC(=O)c1cccc([N+](=O)[O-])c1)C(=O)N(C)CC(=O)O. The largest absolute Gasteiger partial charge is 0.480 e. The number of carboxylic acid groups (broad SMARTS) is 1. The molecular formula is C15H19N3O6S. The molecule has 9 nitrogen and oxygen atoms in total. The summed E-state index contributed by atoms with van der Waals surface area (Å²) in [6.07, 6.45) is 2.15. The lowest BCUT2D eigenvalue weighted by atomic mass is 10.1. The molecule has 0 saturated heterocycles. The zero-order valence-corrected chi connectivity index (χ0v) is 14.6. The number of benzene rings is 1. The summed E-state index contributed by atoms with van der Waals surface area (Å²) in [7, 11) is 1.34. The Balaban J connectivity index is 2.91. The second kappa shape index (κ2) is 9.62. The van der Waals surface area contributed by atoms with Crippen molar-refractivity contribution in [3.8, 4) is 0 Å². The van der Waals surface area contributed by atoms with Crippen molar-refractivity contribution in [2.45, 2.75) is 12.5 Å². The maximum atomic E-state index is 12.4. The molecule has 1 atom stereocenters. The molecule has 136 valence electrons. The fourth-order valence-electron chi connectivity index (χ4n) is 2.04. The lowest BCUT2D eigenvalue weighted by Crippen LogP contribution is -2.48. The Morgan fingerprint density at radius 2 is 2.08 bits per heavy atom. The fraction of sp³-hybridized carbons (Fsp3) is 0.400. The van der Waals surface area contributed by atoms with E-state index < -0.39 is 35.3 Å². The van der Waals surface area contributed by atoms with Gasteiger partial charge in [-0.15, -0.1) is 0 Å². The lowest BCUT2D eigenvalue weighted by molar-refractivity contribution is -0.384. The topological polar surface area (TPSA) is 130 Å². The molecule has 25 heavy (non-hydrogen) atoms. The van der Waals surface area contributed by atoms with Gasteiger partial charge in [0.05, 0.1) is 4.92 Å². The van der Waals surface area contributed by atoms with Gasteiger partial charge in [0.25, 0.3) is 11.6 Å². The average molecular weight is 369 g/mol. The Bertz CT molecular complexity index is 666. The molecule has 0 aliphatic heterocycles. The van der Waals surface area contributed by atoms with E-state index in [2.05, 4.69) is 5.32 Å². The van der Waals surface area contributed by atoms with Crippen molar-refractivity contribution in [3.05, 3.63) is 39.9 Å². The van der Waals surface area contributed by atoms with Crippen LogP contribution in [-0.2, 0) is 9.59 Å². The summed E-state index contributed by atoms with van der Waals surface area (Å²) in [5.41, 5.74) is -0.181. The first kappa shape index (κ1) is 20.4. The molecular weight excluding hydrogens is 350 g/mol. The third-order valence-corrected chi connectivity index (χ3v) is 3.93. The summed E-state index contributed by atoms with van der Waals surface area (Å²) in [6, 6.07) is 4.24. The van der Waals surface area contributed by atoms with Gasteiger partial charge in [0.2, 0.25) is 5.91 Å². The number of carboxylic acids is 1. The highest BCUT2D eigenvalue weighted by molar-refractivity contribution is 7.98. The van der Waals surface area contributed by atoms with Gasteiger partial charge in [0, 0.05) is 24.7 Å². The van der Waals surface area contributed by atoms with Crippen molar-refractivity contribution < 1.29 is 24.4 Å². The van der Waals surface area contributed by atoms with Gasteiger partial charge in [0.1, 0.15) is 12.6 Å². The average Bonchev–Trinajstić information content (AvgIpc) is 2.57. The van der Waals surface area contributed by atoms with Crippen LogP contribution in [0.5, 0.6) is 0 Å². The van der Waals surface area contributed by atoms with Crippen molar-refractivity contribution in [1.29, 1.82) is 0 Å². The molecule has 0 aliphatic carbocycles. The predicted octanol–water partition coefficient (Wildman–Crippen LogP) is 0.989. The molecule has 0 radical (unpaired) electrons. The minimum Gasteiger partial charge on any atom is -0.480 e. The highest BCUT2D eigenvalue weighted by Gasteiger charge is 2.25. The molecule has 1 aromatic rings. The number of hydrogen-bond acceptors (Lipinski definition) is 6. The summed E-state index contributed by atoms with van der Waals surface area (Å²) in [4.78, 5) is 46.6. The third kappa shape index (κ3) is 6.42. The number of amides is 2. The maximum absolute atomic E-state index is 12.4. The van der Waals surface area contributed by atoms with Crippen LogP contribution in [0.4, 0.5) is 5.69 Å². The zero-order valence-electron chi connectivity index (χ0n) is 13.8. The number of aliphatic carboxylic acids is 1. The van der Waals surface area contributed by atoms with E-state index in [0.717, 1.165) is 11.0 Å². The van der Waals surface area contributed by atoms with Crippen molar-refractivity contribution in [1.82, 2.24) is 10.2 Å². The van der Waals surface area contributed by atoms with Gasteiger partial charge in [-0.3, -0.25) is 24.5 Å². The van der Waals surface area contributed by atoms with E-state index in [1.807, 2.05) is 6.26 Å². The van der Waals surface area contributed by atoms with Crippen molar-refractivity contribution in [2.24, 2.45) is 0 Å². The first-order valence-corrected chi connectivity index (χ1v) is 8.66. The number of nitrogens with one attached hydrogen (secondary N) is 1.